The van der Waals surface area contributed by atoms with Gasteiger partial charge in [0, 0.05) is 23.9 Å². The molecule has 0 saturated carbocycles. The maximum Gasteiger partial charge on any atom is 0.122 e. The predicted octanol–water partition coefficient (Wildman–Crippen LogP) is 2.69. The third-order valence-corrected chi connectivity index (χ3v) is 4.17. The minimum Gasteiger partial charge on any atom is -0.496 e. The highest BCUT2D eigenvalue weighted by Gasteiger charge is 2.29. The second-order valence-electron chi connectivity index (χ2n) is 5.37. The average molecular weight is 268 g/mol. The van der Waals surface area contributed by atoms with Crippen molar-refractivity contribution in [1.29, 1.82) is 0 Å². The maximum atomic E-state index is 6.45. The number of hydrogen-bond acceptors (Lipinski definition) is 3. The molecule has 3 heteroatoms. The Morgan fingerprint density at radius 2 is 2.15 bits per heavy atom. The lowest BCUT2D eigenvalue weighted by molar-refractivity contribution is 0.405. The molecular weight excluding hydrogens is 248 g/mol. The Morgan fingerprint density at radius 3 is 3.00 bits per heavy atom. The van der Waals surface area contributed by atoms with Crippen molar-refractivity contribution in [3.05, 3.63) is 59.4 Å². The summed E-state index contributed by atoms with van der Waals surface area (Å²) in [6, 6.07) is 12.4. The first-order valence-electron chi connectivity index (χ1n) is 7.11. The van der Waals surface area contributed by atoms with Crippen molar-refractivity contribution in [3.63, 3.8) is 0 Å². The highest BCUT2D eigenvalue weighted by molar-refractivity contribution is 5.36. The van der Waals surface area contributed by atoms with E-state index in [1.807, 2.05) is 30.5 Å². The summed E-state index contributed by atoms with van der Waals surface area (Å²) < 4.78 is 5.41. The first-order valence-corrected chi connectivity index (χ1v) is 7.11. The molecule has 2 atom stereocenters. The van der Waals surface area contributed by atoms with E-state index in [4.69, 9.17) is 10.5 Å². The third-order valence-electron chi connectivity index (χ3n) is 4.17. The predicted molar refractivity (Wildman–Crippen MR) is 80.0 cm³/mol. The van der Waals surface area contributed by atoms with Crippen LogP contribution in [-0.2, 0) is 12.8 Å². The van der Waals surface area contributed by atoms with Crippen molar-refractivity contribution in [2.24, 2.45) is 5.73 Å². The SMILES string of the molecule is COc1ccccc1CC(N)C1CCc2cccnc21. The molecule has 0 amide bonds. The minimum absolute atomic E-state index is 0.0856. The summed E-state index contributed by atoms with van der Waals surface area (Å²) in [5.74, 6) is 1.28. The highest BCUT2D eigenvalue weighted by atomic mass is 16.5. The second-order valence-corrected chi connectivity index (χ2v) is 5.37. The van der Waals surface area contributed by atoms with Gasteiger partial charge in [0.2, 0.25) is 0 Å². The summed E-state index contributed by atoms with van der Waals surface area (Å²) in [4.78, 5) is 4.53. The molecule has 20 heavy (non-hydrogen) atoms. The van der Waals surface area contributed by atoms with Crippen molar-refractivity contribution < 1.29 is 4.74 Å². The van der Waals surface area contributed by atoms with Crippen LogP contribution in [0.3, 0.4) is 0 Å². The van der Waals surface area contributed by atoms with Gasteiger partial charge in [0.25, 0.3) is 0 Å². The number of methoxy groups -OCH3 is 1. The standard InChI is InChI=1S/C17H20N2O/c1-20-16-7-3-2-5-13(16)11-15(18)14-9-8-12-6-4-10-19-17(12)14/h2-7,10,14-15H,8-9,11,18H2,1H3. The van der Waals surface area contributed by atoms with Crippen molar-refractivity contribution >= 4 is 0 Å². The number of aryl methyl sites for hydroxylation is 1. The van der Waals surface area contributed by atoms with E-state index >= 15 is 0 Å². The molecule has 1 aromatic carbocycles. The summed E-state index contributed by atoms with van der Waals surface area (Å²) in [5.41, 5.74) is 10.2. The van der Waals surface area contributed by atoms with Gasteiger partial charge in [-0.05, 0) is 42.5 Å². The lowest BCUT2D eigenvalue weighted by Gasteiger charge is -2.20. The molecule has 3 rings (SSSR count). The van der Waals surface area contributed by atoms with E-state index in [1.54, 1.807) is 7.11 Å². The Labute approximate surface area is 119 Å². The number of hydrogen-bond donors (Lipinski definition) is 1. The van der Waals surface area contributed by atoms with Gasteiger partial charge in [-0.1, -0.05) is 24.3 Å². The second kappa shape index (κ2) is 5.63. The third kappa shape index (κ3) is 2.41. The van der Waals surface area contributed by atoms with Crippen LogP contribution >= 0.6 is 0 Å². The normalized spacial score (nSPS) is 18.6. The molecule has 2 aromatic rings. The Kier molecular flexibility index (Phi) is 3.70. The van der Waals surface area contributed by atoms with E-state index in [0.29, 0.717) is 5.92 Å². The molecule has 2 N–H and O–H groups in total. The average Bonchev–Trinajstić information content (AvgIpc) is 2.92. The number of fused-ring (bicyclic) bond motifs is 1. The molecule has 1 aliphatic rings. The van der Waals surface area contributed by atoms with Gasteiger partial charge in [-0.15, -0.1) is 0 Å². The Bertz CT molecular complexity index is 597. The number of aromatic nitrogens is 1. The molecule has 104 valence electrons. The molecule has 3 nitrogen and oxygen atoms in total. The Morgan fingerprint density at radius 1 is 1.30 bits per heavy atom. The quantitative estimate of drug-likeness (QED) is 0.927. The van der Waals surface area contributed by atoms with Crippen LogP contribution in [-0.4, -0.2) is 18.1 Å². The van der Waals surface area contributed by atoms with Gasteiger partial charge in [-0.3, -0.25) is 4.98 Å². The van der Waals surface area contributed by atoms with Crippen LogP contribution in [0.2, 0.25) is 0 Å². The van der Waals surface area contributed by atoms with E-state index < -0.39 is 0 Å². The molecule has 0 aliphatic heterocycles. The molecule has 0 radical (unpaired) electrons. The monoisotopic (exact) mass is 268 g/mol. The summed E-state index contributed by atoms with van der Waals surface area (Å²) in [5, 5.41) is 0. The lowest BCUT2D eigenvalue weighted by Crippen LogP contribution is -2.30. The summed E-state index contributed by atoms with van der Waals surface area (Å²) in [7, 11) is 1.71. The number of para-hydroxylation sites is 1. The zero-order valence-electron chi connectivity index (χ0n) is 11.8. The molecule has 0 saturated heterocycles. The molecule has 0 spiro atoms. The summed E-state index contributed by atoms with van der Waals surface area (Å²) >= 11 is 0. The fourth-order valence-corrected chi connectivity index (χ4v) is 3.13. The zero-order chi connectivity index (χ0) is 13.9. The fraction of sp³-hybridized carbons (Fsp3) is 0.353. The van der Waals surface area contributed by atoms with E-state index in [1.165, 1.54) is 16.8 Å². The number of nitrogens with two attached hydrogens (primary N) is 1. The van der Waals surface area contributed by atoms with Crippen LogP contribution in [0, 0.1) is 0 Å². The minimum atomic E-state index is 0.0856. The van der Waals surface area contributed by atoms with Crippen molar-refractivity contribution in [3.8, 4) is 5.75 Å². The molecule has 1 aromatic heterocycles. The van der Waals surface area contributed by atoms with Gasteiger partial charge in [-0.25, -0.2) is 0 Å². The number of rotatable bonds is 4. The molecule has 1 heterocycles. The van der Waals surface area contributed by atoms with Gasteiger partial charge < -0.3 is 10.5 Å². The number of nitrogens with zero attached hydrogens (tertiary/aromatic N) is 1. The van der Waals surface area contributed by atoms with Crippen LogP contribution in [0.5, 0.6) is 5.75 Å². The molecular formula is C17H20N2O. The molecule has 0 fully saturated rings. The number of pyridine rings is 1. The van der Waals surface area contributed by atoms with Gasteiger partial charge in [0.15, 0.2) is 0 Å². The molecule has 1 aliphatic carbocycles. The summed E-state index contributed by atoms with van der Waals surface area (Å²) in [6.07, 6.45) is 4.88. The maximum absolute atomic E-state index is 6.45. The smallest absolute Gasteiger partial charge is 0.122 e. The van der Waals surface area contributed by atoms with E-state index in [-0.39, 0.29) is 6.04 Å². The van der Waals surface area contributed by atoms with Gasteiger partial charge in [0.1, 0.15) is 5.75 Å². The van der Waals surface area contributed by atoms with Crippen LogP contribution in [0.15, 0.2) is 42.6 Å². The first kappa shape index (κ1) is 13.1. The fourth-order valence-electron chi connectivity index (χ4n) is 3.13. The topological polar surface area (TPSA) is 48.1 Å². The van der Waals surface area contributed by atoms with Crippen molar-refractivity contribution in [2.45, 2.75) is 31.2 Å². The zero-order valence-corrected chi connectivity index (χ0v) is 11.8. The van der Waals surface area contributed by atoms with Gasteiger partial charge in [-0.2, -0.15) is 0 Å². The first-order chi connectivity index (χ1) is 9.79. The lowest BCUT2D eigenvalue weighted by atomic mass is 9.92. The largest absolute Gasteiger partial charge is 0.496 e. The van der Waals surface area contributed by atoms with Crippen LogP contribution in [0.4, 0.5) is 0 Å². The van der Waals surface area contributed by atoms with E-state index in [2.05, 4.69) is 17.1 Å². The Hall–Kier alpha value is -1.87. The Balaban J connectivity index is 1.79. The van der Waals surface area contributed by atoms with E-state index in [9.17, 15) is 0 Å². The van der Waals surface area contributed by atoms with Crippen molar-refractivity contribution in [2.75, 3.05) is 7.11 Å². The van der Waals surface area contributed by atoms with Gasteiger partial charge >= 0.3 is 0 Å². The van der Waals surface area contributed by atoms with Crippen molar-refractivity contribution in [1.82, 2.24) is 4.98 Å². The molecule has 2 unspecified atom stereocenters. The van der Waals surface area contributed by atoms with Crippen LogP contribution in [0.25, 0.3) is 0 Å². The van der Waals surface area contributed by atoms with Crippen LogP contribution in [0.1, 0.15) is 29.2 Å². The van der Waals surface area contributed by atoms with E-state index in [0.717, 1.165) is 25.0 Å². The highest BCUT2D eigenvalue weighted by Crippen LogP contribution is 2.34. The van der Waals surface area contributed by atoms with Crippen LogP contribution < -0.4 is 10.5 Å². The summed E-state index contributed by atoms with van der Waals surface area (Å²) in [6.45, 7) is 0. The van der Waals surface area contributed by atoms with Gasteiger partial charge in [0.05, 0.1) is 7.11 Å². The number of benzene rings is 1. The molecule has 0 bridgehead atoms. The number of ether oxygens (including phenoxy) is 1.